The molecule has 0 atom stereocenters. The van der Waals surface area contributed by atoms with Gasteiger partial charge >= 0.3 is 0 Å². The highest BCUT2D eigenvalue weighted by atomic mass is 16.5. The number of nitrogens with zero attached hydrogens (tertiary/aromatic N) is 3. The molecule has 0 radical (unpaired) electrons. The van der Waals surface area contributed by atoms with Crippen molar-refractivity contribution in [3.05, 3.63) is 36.5 Å². The lowest BCUT2D eigenvalue weighted by Crippen LogP contribution is -1.99. The predicted octanol–water partition coefficient (Wildman–Crippen LogP) is 2.71. The second kappa shape index (κ2) is 4.85. The quantitative estimate of drug-likeness (QED) is 0.742. The fourth-order valence-corrected chi connectivity index (χ4v) is 2.35. The number of rotatable bonds is 3. The molecule has 2 N–H and O–H groups in total. The van der Waals surface area contributed by atoms with Crippen LogP contribution in [0.3, 0.4) is 0 Å². The van der Waals surface area contributed by atoms with Crippen molar-refractivity contribution >= 4 is 16.9 Å². The lowest BCUT2D eigenvalue weighted by molar-refractivity contribution is 0.417. The molecule has 102 valence electrons. The van der Waals surface area contributed by atoms with Gasteiger partial charge in [0.15, 0.2) is 5.65 Å². The van der Waals surface area contributed by atoms with Gasteiger partial charge in [0.05, 0.1) is 12.8 Å². The average molecular weight is 268 g/mol. The molecule has 3 aromatic rings. The summed E-state index contributed by atoms with van der Waals surface area (Å²) in [6.07, 6.45) is 1.78. The van der Waals surface area contributed by atoms with Crippen LogP contribution in [0.1, 0.15) is 6.92 Å². The van der Waals surface area contributed by atoms with E-state index in [0.29, 0.717) is 11.4 Å². The minimum atomic E-state index is 0.604. The third kappa shape index (κ3) is 1.87. The van der Waals surface area contributed by atoms with Gasteiger partial charge in [-0.1, -0.05) is 0 Å². The van der Waals surface area contributed by atoms with Crippen molar-refractivity contribution in [2.24, 2.45) is 0 Å². The molecule has 0 aliphatic rings. The molecule has 3 rings (SSSR count). The summed E-state index contributed by atoms with van der Waals surface area (Å²) in [5.74, 6) is 1.54. The summed E-state index contributed by atoms with van der Waals surface area (Å²) in [6, 6.07) is 9.55. The highest BCUT2D eigenvalue weighted by Gasteiger charge is 2.13. The summed E-state index contributed by atoms with van der Waals surface area (Å²) in [5, 5.41) is 0. The van der Waals surface area contributed by atoms with E-state index in [9.17, 15) is 0 Å². The molecule has 2 aromatic heterocycles. The number of hydrogen-bond donors (Lipinski definition) is 1. The average Bonchev–Trinajstić information content (AvgIpc) is 2.85. The van der Waals surface area contributed by atoms with Crippen molar-refractivity contribution in [1.82, 2.24) is 14.5 Å². The van der Waals surface area contributed by atoms with Crippen molar-refractivity contribution in [2.45, 2.75) is 13.5 Å². The molecular weight excluding hydrogens is 252 g/mol. The molecule has 0 spiro atoms. The van der Waals surface area contributed by atoms with E-state index in [-0.39, 0.29) is 0 Å². The molecule has 5 heteroatoms. The number of ether oxygens (including phenoxy) is 1. The van der Waals surface area contributed by atoms with Crippen LogP contribution in [0.15, 0.2) is 36.5 Å². The number of anilines is 1. The second-order valence-electron chi connectivity index (χ2n) is 4.48. The SMILES string of the molecule is CCn1c(-c2ccc(OC)c(N)c2)nc2cccnc21. The van der Waals surface area contributed by atoms with Crippen LogP contribution in [0.2, 0.25) is 0 Å². The molecule has 0 saturated heterocycles. The molecule has 0 aliphatic heterocycles. The summed E-state index contributed by atoms with van der Waals surface area (Å²) >= 11 is 0. The highest BCUT2D eigenvalue weighted by Crippen LogP contribution is 2.29. The number of aryl methyl sites for hydroxylation is 1. The third-order valence-electron chi connectivity index (χ3n) is 3.31. The molecule has 5 nitrogen and oxygen atoms in total. The number of imidazole rings is 1. The number of fused-ring (bicyclic) bond motifs is 1. The van der Waals surface area contributed by atoms with E-state index in [1.807, 2.05) is 30.3 Å². The maximum Gasteiger partial charge on any atom is 0.160 e. The van der Waals surface area contributed by atoms with Gasteiger partial charge in [-0.3, -0.25) is 0 Å². The standard InChI is InChI=1S/C15H16N4O/c1-3-19-14(18-12-5-4-8-17-15(12)19)10-6-7-13(20-2)11(16)9-10/h4-9H,3,16H2,1-2H3. The molecule has 0 bridgehead atoms. The first kappa shape index (κ1) is 12.5. The molecular formula is C15H16N4O. The van der Waals surface area contributed by atoms with E-state index in [2.05, 4.69) is 21.5 Å². The predicted molar refractivity (Wildman–Crippen MR) is 79.6 cm³/mol. The van der Waals surface area contributed by atoms with Crippen LogP contribution in [0.5, 0.6) is 5.75 Å². The number of pyridine rings is 1. The third-order valence-corrected chi connectivity index (χ3v) is 3.31. The normalized spacial score (nSPS) is 10.9. The number of methoxy groups -OCH3 is 1. The van der Waals surface area contributed by atoms with Crippen LogP contribution >= 0.6 is 0 Å². The first-order valence-electron chi connectivity index (χ1n) is 6.49. The number of nitrogens with two attached hydrogens (primary N) is 1. The lowest BCUT2D eigenvalue weighted by Gasteiger charge is -2.08. The van der Waals surface area contributed by atoms with Crippen molar-refractivity contribution in [3.8, 4) is 17.1 Å². The van der Waals surface area contributed by atoms with Gasteiger partial charge in [0, 0.05) is 18.3 Å². The molecule has 0 saturated carbocycles. The summed E-state index contributed by atoms with van der Waals surface area (Å²) in [5.41, 5.74) is 9.32. The zero-order chi connectivity index (χ0) is 14.1. The van der Waals surface area contributed by atoms with E-state index in [0.717, 1.165) is 29.1 Å². The topological polar surface area (TPSA) is 66.0 Å². The zero-order valence-corrected chi connectivity index (χ0v) is 11.5. The minimum absolute atomic E-state index is 0.604. The smallest absolute Gasteiger partial charge is 0.160 e. The Kier molecular flexibility index (Phi) is 3.02. The van der Waals surface area contributed by atoms with Crippen LogP contribution < -0.4 is 10.5 Å². The Bertz CT molecular complexity index is 764. The van der Waals surface area contributed by atoms with Crippen LogP contribution in [0, 0.1) is 0 Å². The van der Waals surface area contributed by atoms with Gasteiger partial charge in [-0.05, 0) is 37.3 Å². The summed E-state index contributed by atoms with van der Waals surface area (Å²) in [6.45, 7) is 2.88. The van der Waals surface area contributed by atoms with Crippen LogP contribution in [0.4, 0.5) is 5.69 Å². The Balaban J connectivity index is 2.21. The number of benzene rings is 1. The van der Waals surface area contributed by atoms with E-state index >= 15 is 0 Å². The Morgan fingerprint density at radius 1 is 1.30 bits per heavy atom. The first-order valence-corrected chi connectivity index (χ1v) is 6.49. The monoisotopic (exact) mass is 268 g/mol. The summed E-state index contributed by atoms with van der Waals surface area (Å²) in [7, 11) is 1.61. The maximum atomic E-state index is 5.98. The van der Waals surface area contributed by atoms with Gasteiger partial charge in [0.2, 0.25) is 0 Å². The van der Waals surface area contributed by atoms with E-state index in [4.69, 9.17) is 10.5 Å². The molecule has 2 heterocycles. The largest absolute Gasteiger partial charge is 0.495 e. The Hall–Kier alpha value is -2.56. The number of aromatic nitrogens is 3. The second-order valence-corrected chi connectivity index (χ2v) is 4.48. The maximum absolute atomic E-state index is 5.98. The van der Waals surface area contributed by atoms with Crippen LogP contribution in [-0.4, -0.2) is 21.6 Å². The van der Waals surface area contributed by atoms with Gasteiger partial charge in [-0.2, -0.15) is 0 Å². The first-order chi connectivity index (χ1) is 9.74. The lowest BCUT2D eigenvalue weighted by atomic mass is 10.1. The van der Waals surface area contributed by atoms with Crippen molar-refractivity contribution in [1.29, 1.82) is 0 Å². The number of nitrogen functional groups attached to an aromatic ring is 1. The molecule has 0 aliphatic carbocycles. The van der Waals surface area contributed by atoms with Gasteiger partial charge in [0.1, 0.15) is 17.1 Å². The molecule has 20 heavy (non-hydrogen) atoms. The fourth-order valence-electron chi connectivity index (χ4n) is 2.35. The Morgan fingerprint density at radius 3 is 2.85 bits per heavy atom. The van der Waals surface area contributed by atoms with Gasteiger partial charge < -0.3 is 15.0 Å². The summed E-state index contributed by atoms with van der Waals surface area (Å²) in [4.78, 5) is 9.05. The summed E-state index contributed by atoms with van der Waals surface area (Å²) < 4.78 is 7.27. The van der Waals surface area contributed by atoms with E-state index < -0.39 is 0 Å². The Morgan fingerprint density at radius 2 is 2.15 bits per heavy atom. The molecule has 0 fully saturated rings. The minimum Gasteiger partial charge on any atom is -0.495 e. The molecule has 0 unspecified atom stereocenters. The molecule has 0 amide bonds. The van der Waals surface area contributed by atoms with E-state index in [1.165, 1.54) is 0 Å². The van der Waals surface area contributed by atoms with Crippen molar-refractivity contribution in [3.63, 3.8) is 0 Å². The van der Waals surface area contributed by atoms with Gasteiger partial charge in [-0.15, -0.1) is 0 Å². The van der Waals surface area contributed by atoms with E-state index in [1.54, 1.807) is 13.3 Å². The number of hydrogen-bond acceptors (Lipinski definition) is 4. The van der Waals surface area contributed by atoms with Crippen LogP contribution in [-0.2, 0) is 6.54 Å². The van der Waals surface area contributed by atoms with Crippen molar-refractivity contribution < 1.29 is 4.74 Å². The van der Waals surface area contributed by atoms with Gasteiger partial charge in [0.25, 0.3) is 0 Å². The van der Waals surface area contributed by atoms with Crippen LogP contribution in [0.25, 0.3) is 22.6 Å². The molecule has 1 aromatic carbocycles. The fraction of sp³-hybridized carbons (Fsp3) is 0.200. The Labute approximate surface area is 117 Å². The highest BCUT2D eigenvalue weighted by molar-refractivity contribution is 5.78. The zero-order valence-electron chi connectivity index (χ0n) is 11.5. The van der Waals surface area contributed by atoms with Crippen molar-refractivity contribution in [2.75, 3.05) is 12.8 Å². The van der Waals surface area contributed by atoms with Gasteiger partial charge in [-0.25, -0.2) is 9.97 Å².